The van der Waals surface area contributed by atoms with Gasteiger partial charge in [-0.05, 0) is 43.7 Å². The molecular weight excluding hydrogens is 625 g/mol. The molecule has 1 amide bonds. The molecule has 0 spiro atoms. The molecule has 4 heterocycles. The molecule has 232 valence electrons. The lowest BCUT2D eigenvalue weighted by molar-refractivity contribution is 0.0636. The monoisotopic (exact) mass is 657 g/mol. The quantitative estimate of drug-likeness (QED) is 0.113. The number of pyridine rings is 1. The van der Waals surface area contributed by atoms with Gasteiger partial charge in [-0.3, -0.25) is 10.3 Å². The number of benzene rings is 1. The van der Waals surface area contributed by atoms with E-state index in [9.17, 15) is 10.1 Å². The summed E-state index contributed by atoms with van der Waals surface area (Å²) in [4.78, 5) is 26.1. The first-order valence-corrected chi connectivity index (χ1v) is 19.6. The van der Waals surface area contributed by atoms with Gasteiger partial charge in [0.15, 0.2) is 16.8 Å². The van der Waals surface area contributed by atoms with Gasteiger partial charge in [-0.25, -0.2) is 18.6 Å². The molecule has 1 aliphatic rings. The van der Waals surface area contributed by atoms with Crippen LogP contribution in [0.15, 0.2) is 11.4 Å². The average molecular weight is 658 g/mol. The Balaban J connectivity index is 1.74. The van der Waals surface area contributed by atoms with Gasteiger partial charge in [-0.2, -0.15) is 10.2 Å². The number of nitrogens with one attached hydrogen (secondary N) is 1. The Hall–Kier alpha value is -3.38. The van der Waals surface area contributed by atoms with Gasteiger partial charge in [0.1, 0.15) is 22.2 Å². The van der Waals surface area contributed by atoms with Gasteiger partial charge >= 0.3 is 6.09 Å². The summed E-state index contributed by atoms with van der Waals surface area (Å²) in [6, 6.07) is 2.94. The summed E-state index contributed by atoms with van der Waals surface area (Å²) in [6.07, 6.45) is 0.183. The third kappa shape index (κ3) is 6.37. The Morgan fingerprint density at radius 2 is 1.93 bits per heavy atom. The van der Waals surface area contributed by atoms with Crippen molar-refractivity contribution in [3.63, 3.8) is 0 Å². The first kappa shape index (κ1) is 32.0. The summed E-state index contributed by atoms with van der Waals surface area (Å²) in [7, 11) is -1.42. The fraction of sp³-hybridized carbons (Fsp3) is 0.433. The van der Waals surface area contributed by atoms with Crippen LogP contribution in [0.1, 0.15) is 44.4 Å². The molecule has 0 unspecified atom stereocenters. The van der Waals surface area contributed by atoms with Crippen molar-refractivity contribution in [2.24, 2.45) is 0 Å². The van der Waals surface area contributed by atoms with Crippen LogP contribution in [0.2, 0.25) is 25.7 Å². The molecule has 0 aliphatic carbocycles. The number of thioether (sulfide) groups is 1. The number of hydrogen-bond donors (Lipinski definition) is 1. The predicted molar refractivity (Wildman–Crippen MR) is 171 cm³/mol. The molecule has 0 saturated heterocycles. The molecule has 14 heteroatoms. The van der Waals surface area contributed by atoms with E-state index in [1.165, 1.54) is 11.8 Å². The number of halogens is 2. The van der Waals surface area contributed by atoms with Gasteiger partial charge in [0.2, 0.25) is 5.88 Å². The highest BCUT2D eigenvalue weighted by molar-refractivity contribution is 7.99. The van der Waals surface area contributed by atoms with E-state index in [4.69, 9.17) is 14.2 Å². The van der Waals surface area contributed by atoms with E-state index in [1.54, 1.807) is 20.8 Å². The summed E-state index contributed by atoms with van der Waals surface area (Å²) in [6.45, 7) is 14.4. The molecular formula is C30H33F2N5O4S2Si. The fourth-order valence-corrected chi connectivity index (χ4v) is 7.14. The number of fused-ring (bicyclic) bond motifs is 4. The Morgan fingerprint density at radius 3 is 2.59 bits per heavy atom. The third-order valence-electron chi connectivity index (χ3n) is 6.74. The Kier molecular flexibility index (Phi) is 8.87. The lowest BCUT2D eigenvalue weighted by atomic mass is 9.93. The zero-order chi connectivity index (χ0) is 32.0. The maximum atomic E-state index is 16.9. The average Bonchev–Trinajstić information content (AvgIpc) is 3.53. The molecule has 9 nitrogen and oxygen atoms in total. The summed E-state index contributed by atoms with van der Waals surface area (Å²) in [5.41, 5.74) is 0.469. The molecule has 0 fully saturated rings. The summed E-state index contributed by atoms with van der Waals surface area (Å²) < 4.78 is 49.5. The summed E-state index contributed by atoms with van der Waals surface area (Å²) in [5, 5.41) is 13.7. The van der Waals surface area contributed by atoms with E-state index in [0.717, 1.165) is 23.6 Å². The lowest BCUT2D eigenvalue weighted by Gasteiger charge is -2.19. The number of aromatic nitrogens is 3. The van der Waals surface area contributed by atoms with Crippen LogP contribution in [0.25, 0.3) is 32.2 Å². The highest BCUT2D eigenvalue weighted by atomic mass is 32.2. The predicted octanol–water partition coefficient (Wildman–Crippen LogP) is 8.26. The molecule has 3 aromatic heterocycles. The molecule has 0 radical (unpaired) electrons. The van der Waals surface area contributed by atoms with E-state index in [-0.39, 0.29) is 50.6 Å². The highest BCUT2D eigenvalue weighted by Crippen LogP contribution is 2.47. The van der Waals surface area contributed by atoms with Crippen molar-refractivity contribution in [2.75, 3.05) is 17.7 Å². The second-order valence-corrected chi connectivity index (χ2v) is 20.3. The van der Waals surface area contributed by atoms with Gasteiger partial charge in [0.25, 0.3) is 0 Å². The number of nitrogens with zero attached hydrogens (tertiary/aromatic N) is 4. The van der Waals surface area contributed by atoms with Gasteiger partial charge in [-0.1, -0.05) is 38.3 Å². The number of anilines is 1. The van der Waals surface area contributed by atoms with Gasteiger partial charge in [0, 0.05) is 19.0 Å². The number of ether oxygens (including phenoxy) is 3. The molecule has 5 rings (SSSR count). The highest BCUT2D eigenvalue weighted by Gasteiger charge is 2.32. The van der Waals surface area contributed by atoms with E-state index in [0.29, 0.717) is 39.9 Å². The van der Waals surface area contributed by atoms with Crippen LogP contribution in [0.4, 0.5) is 18.6 Å². The van der Waals surface area contributed by atoms with E-state index in [2.05, 4.69) is 46.0 Å². The van der Waals surface area contributed by atoms with Crippen LogP contribution in [0.3, 0.4) is 0 Å². The molecule has 4 aromatic rings. The third-order valence-corrected chi connectivity index (χ3v) is 10.3. The van der Waals surface area contributed by atoms with Crippen molar-refractivity contribution in [3.05, 3.63) is 34.5 Å². The van der Waals surface area contributed by atoms with Crippen molar-refractivity contribution >= 4 is 63.3 Å². The fourth-order valence-electron chi connectivity index (χ4n) is 4.83. The smallest absolute Gasteiger partial charge is 0.412 e. The number of rotatable bonds is 8. The normalized spacial score (nSPS) is 13.3. The zero-order valence-corrected chi connectivity index (χ0v) is 28.2. The maximum Gasteiger partial charge on any atom is 0.412 e. The number of hydrogen-bond acceptors (Lipinski definition) is 10. The molecule has 0 bridgehead atoms. The van der Waals surface area contributed by atoms with Crippen molar-refractivity contribution in [1.82, 2.24) is 15.0 Å². The van der Waals surface area contributed by atoms with E-state index in [1.807, 2.05) is 6.92 Å². The lowest BCUT2D eigenvalue weighted by Crippen LogP contribution is -2.27. The number of amides is 1. The second kappa shape index (κ2) is 12.2. The van der Waals surface area contributed by atoms with Crippen LogP contribution in [0.5, 0.6) is 5.88 Å². The van der Waals surface area contributed by atoms with E-state index < -0.39 is 31.4 Å². The van der Waals surface area contributed by atoms with Crippen LogP contribution >= 0.6 is 23.1 Å². The first-order chi connectivity index (χ1) is 20.7. The maximum absolute atomic E-state index is 16.9. The van der Waals surface area contributed by atoms with Crippen molar-refractivity contribution < 1.29 is 27.8 Å². The first-order valence-electron chi connectivity index (χ1n) is 14.1. The van der Waals surface area contributed by atoms with Gasteiger partial charge in [-0.15, -0.1) is 11.3 Å². The minimum Gasteiger partial charge on any atom is -0.477 e. The minimum absolute atomic E-state index is 0.0401. The van der Waals surface area contributed by atoms with Gasteiger partial charge in [0.05, 0.1) is 47.4 Å². The largest absolute Gasteiger partial charge is 0.477 e. The summed E-state index contributed by atoms with van der Waals surface area (Å²) in [5.74, 6) is -0.447. The van der Waals surface area contributed by atoms with Gasteiger partial charge < -0.3 is 14.2 Å². The topological polar surface area (TPSA) is 119 Å². The Bertz CT molecular complexity index is 1830. The summed E-state index contributed by atoms with van der Waals surface area (Å²) >= 11 is 2.21. The minimum atomic E-state index is -1.42. The number of thiophene rings is 1. The Labute approximate surface area is 263 Å². The van der Waals surface area contributed by atoms with Crippen molar-refractivity contribution in [3.8, 4) is 23.2 Å². The number of nitriles is 1. The van der Waals surface area contributed by atoms with Crippen LogP contribution in [-0.4, -0.2) is 47.1 Å². The molecule has 1 N–H and O–H groups in total. The zero-order valence-electron chi connectivity index (χ0n) is 25.6. The van der Waals surface area contributed by atoms with E-state index >= 15 is 8.78 Å². The van der Waals surface area contributed by atoms with Crippen molar-refractivity contribution in [2.45, 2.75) is 77.4 Å². The molecule has 0 saturated carbocycles. The number of carbonyl (C=O) groups excluding carboxylic acids is 1. The Morgan fingerprint density at radius 1 is 1.20 bits per heavy atom. The number of carbonyl (C=O) groups is 1. The second-order valence-electron chi connectivity index (χ2n) is 12.5. The molecule has 0 atom stereocenters. The molecule has 44 heavy (non-hydrogen) atoms. The van der Waals surface area contributed by atoms with Crippen LogP contribution < -0.4 is 10.1 Å². The molecule has 1 aliphatic heterocycles. The standard InChI is InChI=1S/C30H33F2N5O4S2Si/c1-8-42-28-35-24-21(26(36-28)40-9-10-44(5,6)7)17-14-39-13-16(17)19(22(24)32)23-20-15(11-33)27(37-29(38)41-30(2,3)4)43-25(20)18(31)12-34-23/h12H,8-10,13-14H2,1-7H3,(H,37,38). The molecule has 1 aromatic carbocycles. The van der Waals surface area contributed by atoms with Crippen molar-refractivity contribution in [1.29, 1.82) is 5.26 Å². The SMILES string of the molecule is CCSc1nc(OCC[Si](C)(C)C)c2c3c(c(-c4ncc(F)c5sc(NC(=O)OC(C)(C)C)c(C#N)c45)c(F)c2n1)COC3. The van der Waals surface area contributed by atoms with Crippen LogP contribution in [0, 0.1) is 23.0 Å². The van der Waals surface area contributed by atoms with Crippen LogP contribution in [-0.2, 0) is 22.7 Å².